The van der Waals surface area contributed by atoms with Crippen LogP contribution in [0.3, 0.4) is 0 Å². The Morgan fingerprint density at radius 2 is 1.86 bits per heavy atom. The molecule has 3 aromatic rings. The number of anilines is 4. The predicted molar refractivity (Wildman–Crippen MR) is 112 cm³/mol. The summed E-state index contributed by atoms with van der Waals surface area (Å²) in [4.78, 5) is 4.51. The van der Waals surface area contributed by atoms with Crippen molar-refractivity contribution in [2.24, 2.45) is 0 Å². The molecule has 2 N–H and O–H groups in total. The van der Waals surface area contributed by atoms with E-state index in [2.05, 4.69) is 38.8 Å². The molecule has 0 unspecified atom stereocenters. The lowest BCUT2D eigenvalue weighted by molar-refractivity contribution is 0.405. The van der Waals surface area contributed by atoms with Gasteiger partial charge >= 0.3 is 0 Å². The lowest BCUT2D eigenvalue weighted by Gasteiger charge is -2.15. The van der Waals surface area contributed by atoms with Crippen molar-refractivity contribution >= 4 is 34.7 Å². The lowest BCUT2D eigenvalue weighted by atomic mass is 10.1. The Morgan fingerprint density at radius 3 is 2.57 bits per heavy atom. The molecule has 0 aliphatic carbocycles. The molecule has 0 atom stereocenters. The third-order valence-corrected chi connectivity index (χ3v) is 4.57. The molecule has 3 rings (SSSR count). The fourth-order valence-electron chi connectivity index (χ4n) is 2.83. The minimum absolute atomic E-state index is 0.397. The molecule has 0 spiro atoms. The van der Waals surface area contributed by atoms with Crippen LogP contribution >= 0.6 is 11.6 Å². The van der Waals surface area contributed by atoms with Crippen molar-refractivity contribution in [2.45, 2.75) is 20.3 Å². The maximum absolute atomic E-state index is 6.16. The number of halogens is 1. The van der Waals surface area contributed by atoms with Crippen LogP contribution in [0.25, 0.3) is 0 Å². The number of hydrogen-bond donors (Lipinski definition) is 2. The van der Waals surface area contributed by atoms with Crippen LogP contribution in [0.2, 0.25) is 5.02 Å². The molecule has 146 valence electrons. The van der Waals surface area contributed by atoms with Crippen molar-refractivity contribution in [3.05, 3.63) is 52.7 Å². The number of ether oxygens (including phenoxy) is 2. The van der Waals surface area contributed by atoms with Gasteiger partial charge in [-0.05, 0) is 24.5 Å². The summed E-state index contributed by atoms with van der Waals surface area (Å²) in [5.74, 6) is 1.99. The number of para-hydroxylation sites is 1. The second kappa shape index (κ2) is 8.75. The van der Waals surface area contributed by atoms with E-state index in [9.17, 15) is 0 Å². The highest BCUT2D eigenvalue weighted by Gasteiger charge is 2.12. The number of methoxy groups -OCH3 is 2. The zero-order chi connectivity index (χ0) is 20.1. The van der Waals surface area contributed by atoms with Crippen LogP contribution in [0.4, 0.5) is 23.1 Å². The van der Waals surface area contributed by atoms with E-state index < -0.39 is 0 Å². The number of nitrogens with zero attached hydrogens (tertiary/aromatic N) is 3. The Morgan fingerprint density at radius 1 is 1.07 bits per heavy atom. The zero-order valence-corrected chi connectivity index (χ0v) is 17.0. The van der Waals surface area contributed by atoms with Gasteiger partial charge in [-0.3, -0.25) is 0 Å². The predicted octanol–water partition coefficient (Wildman–Crippen LogP) is 4.90. The van der Waals surface area contributed by atoms with E-state index in [0.29, 0.717) is 34.0 Å². The Labute approximate surface area is 169 Å². The maximum Gasteiger partial charge on any atom is 0.249 e. The van der Waals surface area contributed by atoms with Gasteiger partial charge in [0.05, 0.1) is 31.1 Å². The van der Waals surface area contributed by atoms with Gasteiger partial charge in [0.15, 0.2) is 5.82 Å². The van der Waals surface area contributed by atoms with E-state index in [1.165, 1.54) is 11.8 Å². The largest absolute Gasteiger partial charge is 0.495 e. The average molecular weight is 400 g/mol. The van der Waals surface area contributed by atoms with E-state index in [0.717, 1.165) is 17.7 Å². The van der Waals surface area contributed by atoms with Crippen LogP contribution in [0.1, 0.15) is 18.1 Å². The van der Waals surface area contributed by atoms with Crippen LogP contribution in [-0.2, 0) is 6.42 Å². The number of aryl methyl sites for hydroxylation is 2. The van der Waals surface area contributed by atoms with Crippen LogP contribution in [0, 0.1) is 6.92 Å². The molecule has 0 fully saturated rings. The molecular weight excluding hydrogens is 378 g/mol. The molecule has 0 bridgehead atoms. The van der Waals surface area contributed by atoms with Crippen molar-refractivity contribution in [2.75, 3.05) is 24.9 Å². The van der Waals surface area contributed by atoms with Crippen LogP contribution in [-0.4, -0.2) is 29.4 Å². The van der Waals surface area contributed by atoms with E-state index in [-0.39, 0.29) is 0 Å². The minimum Gasteiger partial charge on any atom is -0.495 e. The number of benzene rings is 2. The summed E-state index contributed by atoms with van der Waals surface area (Å²) in [6.07, 6.45) is 2.43. The van der Waals surface area contributed by atoms with Crippen molar-refractivity contribution in [3.8, 4) is 11.5 Å². The summed E-state index contributed by atoms with van der Waals surface area (Å²) < 4.78 is 10.7. The molecule has 0 saturated carbocycles. The molecule has 2 aromatic carbocycles. The fraction of sp³-hybridized carbons (Fsp3) is 0.250. The van der Waals surface area contributed by atoms with Crippen LogP contribution in [0.5, 0.6) is 11.5 Å². The lowest BCUT2D eigenvalue weighted by Crippen LogP contribution is -2.05. The fourth-order valence-corrected chi connectivity index (χ4v) is 3.06. The molecule has 8 heteroatoms. The number of nitrogens with one attached hydrogen (secondary N) is 2. The van der Waals surface area contributed by atoms with Gasteiger partial charge < -0.3 is 20.1 Å². The zero-order valence-electron chi connectivity index (χ0n) is 16.2. The molecule has 0 amide bonds. The standard InChI is InChI=1S/C20H22ClN5O2/c1-5-13-8-6-7-12(2)19(13)25-20-24-18(11-22-26-20)23-15-10-16(27-3)14(21)9-17(15)28-4/h6-11H,5H2,1-4H3,(H2,23,24,25,26). The number of hydrogen-bond acceptors (Lipinski definition) is 7. The Balaban J connectivity index is 1.89. The molecule has 0 radical (unpaired) electrons. The molecule has 0 aliphatic heterocycles. The van der Waals surface area contributed by atoms with E-state index >= 15 is 0 Å². The molecule has 0 saturated heterocycles. The van der Waals surface area contributed by atoms with Crippen molar-refractivity contribution in [1.82, 2.24) is 15.2 Å². The van der Waals surface area contributed by atoms with E-state index in [1.807, 2.05) is 19.1 Å². The summed E-state index contributed by atoms with van der Waals surface area (Å²) in [6, 6.07) is 9.58. The Bertz CT molecular complexity index is 981. The highest BCUT2D eigenvalue weighted by atomic mass is 35.5. The molecule has 1 aromatic heterocycles. The van der Waals surface area contributed by atoms with Gasteiger partial charge in [-0.1, -0.05) is 36.7 Å². The van der Waals surface area contributed by atoms with Gasteiger partial charge in [0.25, 0.3) is 0 Å². The number of rotatable bonds is 7. The summed E-state index contributed by atoms with van der Waals surface area (Å²) in [6.45, 7) is 4.15. The highest BCUT2D eigenvalue weighted by Crippen LogP contribution is 2.37. The van der Waals surface area contributed by atoms with Crippen molar-refractivity contribution in [1.29, 1.82) is 0 Å². The van der Waals surface area contributed by atoms with Gasteiger partial charge in [-0.25, -0.2) is 0 Å². The van der Waals surface area contributed by atoms with Crippen molar-refractivity contribution < 1.29 is 9.47 Å². The molecule has 28 heavy (non-hydrogen) atoms. The first kappa shape index (κ1) is 19.7. The summed E-state index contributed by atoms with van der Waals surface area (Å²) >= 11 is 6.16. The number of aromatic nitrogens is 3. The average Bonchev–Trinajstić information content (AvgIpc) is 2.70. The molecule has 0 aliphatic rings. The van der Waals surface area contributed by atoms with Gasteiger partial charge in [0.2, 0.25) is 5.95 Å². The van der Waals surface area contributed by atoms with E-state index in [1.54, 1.807) is 26.4 Å². The van der Waals surface area contributed by atoms with Gasteiger partial charge in [0, 0.05) is 17.8 Å². The summed E-state index contributed by atoms with van der Waals surface area (Å²) in [7, 11) is 3.12. The van der Waals surface area contributed by atoms with Crippen molar-refractivity contribution in [3.63, 3.8) is 0 Å². The summed E-state index contributed by atoms with van der Waals surface area (Å²) in [5.41, 5.74) is 3.95. The van der Waals surface area contributed by atoms with Gasteiger partial charge in [-0.15, -0.1) is 5.10 Å². The summed E-state index contributed by atoms with van der Waals surface area (Å²) in [5, 5.41) is 15.0. The minimum atomic E-state index is 0.397. The second-order valence-electron chi connectivity index (χ2n) is 6.06. The maximum atomic E-state index is 6.16. The van der Waals surface area contributed by atoms with Gasteiger partial charge in [-0.2, -0.15) is 10.1 Å². The molecular formula is C20H22ClN5O2. The smallest absolute Gasteiger partial charge is 0.249 e. The third kappa shape index (κ3) is 4.26. The quantitative estimate of drug-likeness (QED) is 0.584. The first-order valence-corrected chi connectivity index (χ1v) is 9.17. The molecule has 1 heterocycles. The van der Waals surface area contributed by atoms with Crippen LogP contribution in [0.15, 0.2) is 36.5 Å². The molecule has 7 nitrogen and oxygen atoms in total. The first-order chi connectivity index (χ1) is 13.5. The normalized spacial score (nSPS) is 10.5. The Hall–Kier alpha value is -3.06. The highest BCUT2D eigenvalue weighted by molar-refractivity contribution is 6.32. The van der Waals surface area contributed by atoms with Gasteiger partial charge in [0.1, 0.15) is 11.5 Å². The van der Waals surface area contributed by atoms with Crippen LogP contribution < -0.4 is 20.1 Å². The first-order valence-electron chi connectivity index (χ1n) is 8.79. The second-order valence-corrected chi connectivity index (χ2v) is 6.47. The monoisotopic (exact) mass is 399 g/mol. The van der Waals surface area contributed by atoms with E-state index in [4.69, 9.17) is 21.1 Å². The SMILES string of the molecule is CCc1cccc(C)c1Nc1nncc(Nc2cc(OC)c(Cl)cc2OC)n1. The topological polar surface area (TPSA) is 81.2 Å². The Kier molecular flexibility index (Phi) is 6.16. The third-order valence-electron chi connectivity index (χ3n) is 4.27.